The predicted octanol–water partition coefficient (Wildman–Crippen LogP) is 2.48. The molecule has 1 atom stereocenters. The molecule has 0 aliphatic carbocycles. The van der Waals surface area contributed by atoms with Crippen LogP contribution < -0.4 is 20.1 Å². The molecule has 9 nitrogen and oxygen atoms in total. The van der Waals surface area contributed by atoms with Crippen LogP contribution >= 0.6 is 0 Å². The Kier molecular flexibility index (Phi) is 4.86. The van der Waals surface area contributed by atoms with Gasteiger partial charge >= 0.3 is 0 Å². The fourth-order valence-corrected chi connectivity index (χ4v) is 3.11. The van der Waals surface area contributed by atoms with Crippen molar-refractivity contribution in [3.8, 4) is 22.9 Å². The maximum atomic E-state index is 12.6. The number of ether oxygens (including phenoxy) is 2. The first-order chi connectivity index (χ1) is 14.1. The van der Waals surface area contributed by atoms with Crippen molar-refractivity contribution in [1.82, 2.24) is 14.8 Å². The number of carbonyl (C=O) groups is 2. The van der Waals surface area contributed by atoms with Gasteiger partial charge in [-0.2, -0.15) is 4.98 Å². The fourth-order valence-electron chi connectivity index (χ4n) is 3.11. The second kappa shape index (κ2) is 7.63. The molecule has 1 aromatic heterocycles. The van der Waals surface area contributed by atoms with Gasteiger partial charge in [0.25, 0.3) is 5.91 Å². The maximum absolute atomic E-state index is 12.6. The molecule has 3 aromatic rings. The first kappa shape index (κ1) is 18.5. The van der Waals surface area contributed by atoms with Crippen LogP contribution in [0.2, 0.25) is 0 Å². The lowest BCUT2D eigenvalue weighted by atomic mass is 10.2. The largest absolute Gasteiger partial charge is 0.497 e. The molecule has 0 unspecified atom stereocenters. The van der Waals surface area contributed by atoms with Gasteiger partial charge in [-0.25, -0.2) is 4.68 Å². The fraction of sp³-hybridized carbons (Fsp3) is 0.200. The molecule has 0 saturated heterocycles. The van der Waals surface area contributed by atoms with Crippen LogP contribution in [0.15, 0.2) is 48.5 Å². The van der Waals surface area contributed by atoms with E-state index in [9.17, 15) is 9.59 Å². The lowest BCUT2D eigenvalue weighted by molar-refractivity contribution is -0.123. The van der Waals surface area contributed by atoms with Gasteiger partial charge in [-0.05, 0) is 12.1 Å². The molecule has 4 rings (SSSR count). The first-order valence-electron chi connectivity index (χ1n) is 8.93. The van der Waals surface area contributed by atoms with Crippen molar-refractivity contribution in [2.75, 3.05) is 24.9 Å². The standard InChI is InChI=1S/C20H19N5O4/c1-28-13-8-9-16(29-2)14(10-13)21-17(26)11-15-19(27)23-20-22-18(24-25(15)20)12-6-4-3-5-7-12/h3-10,15H,11H2,1-2H3,(H,21,26)(H,22,23,24,27)/t15-/m1/s1. The van der Waals surface area contributed by atoms with Crippen molar-refractivity contribution >= 4 is 23.5 Å². The summed E-state index contributed by atoms with van der Waals surface area (Å²) >= 11 is 0. The van der Waals surface area contributed by atoms with Crippen LogP contribution in [0.25, 0.3) is 11.4 Å². The van der Waals surface area contributed by atoms with Gasteiger partial charge in [0.05, 0.1) is 26.3 Å². The zero-order valence-electron chi connectivity index (χ0n) is 15.9. The molecule has 2 N–H and O–H groups in total. The number of carbonyl (C=O) groups excluding carboxylic acids is 2. The zero-order valence-corrected chi connectivity index (χ0v) is 15.9. The smallest absolute Gasteiger partial charge is 0.252 e. The van der Waals surface area contributed by atoms with E-state index >= 15 is 0 Å². The zero-order chi connectivity index (χ0) is 20.4. The van der Waals surface area contributed by atoms with E-state index in [-0.39, 0.29) is 18.2 Å². The topological polar surface area (TPSA) is 107 Å². The second-order valence-corrected chi connectivity index (χ2v) is 6.39. The Morgan fingerprint density at radius 2 is 1.97 bits per heavy atom. The van der Waals surface area contributed by atoms with Gasteiger partial charge in [-0.15, -0.1) is 5.10 Å². The van der Waals surface area contributed by atoms with Crippen LogP contribution in [0.1, 0.15) is 12.5 Å². The minimum atomic E-state index is -0.786. The van der Waals surface area contributed by atoms with Crippen molar-refractivity contribution in [2.24, 2.45) is 0 Å². The van der Waals surface area contributed by atoms with Crippen molar-refractivity contribution in [2.45, 2.75) is 12.5 Å². The Balaban J connectivity index is 1.53. The van der Waals surface area contributed by atoms with Crippen LogP contribution in [0.3, 0.4) is 0 Å². The number of anilines is 2. The lowest BCUT2D eigenvalue weighted by Gasteiger charge is -2.13. The van der Waals surface area contributed by atoms with Crippen LogP contribution in [-0.2, 0) is 9.59 Å². The Bertz CT molecular complexity index is 1060. The van der Waals surface area contributed by atoms with E-state index in [4.69, 9.17) is 9.47 Å². The molecule has 0 saturated carbocycles. The van der Waals surface area contributed by atoms with Gasteiger partial charge < -0.3 is 14.8 Å². The molecule has 9 heteroatoms. The van der Waals surface area contributed by atoms with Crippen molar-refractivity contribution in [3.63, 3.8) is 0 Å². The molecule has 2 aromatic carbocycles. The van der Waals surface area contributed by atoms with E-state index in [0.29, 0.717) is 29.0 Å². The van der Waals surface area contributed by atoms with Crippen molar-refractivity contribution in [3.05, 3.63) is 48.5 Å². The molecular formula is C20H19N5O4. The molecule has 148 valence electrons. The van der Waals surface area contributed by atoms with Crippen molar-refractivity contribution < 1.29 is 19.1 Å². The second-order valence-electron chi connectivity index (χ2n) is 6.39. The minimum absolute atomic E-state index is 0.100. The Morgan fingerprint density at radius 3 is 2.69 bits per heavy atom. The van der Waals surface area contributed by atoms with Crippen LogP contribution in [0.5, 0.6) is 11.5 Å². The number of rotatable bonds is 6. The van der Waals surface area contributed by atoms with Gasteiger partial charge in [0.1, 0.15) is 17.5 Å². The third-order valence-corrected chi connectivity index (χ3v) is 4.56. The molecule has 1 aliphatic heterocycles. The number of nitrogens with one attached hydrogen (secondary N) is 2. The van der Waals surface area contributed by atoms with E-state index in [1.54, 1.807) is 18.2 Å². The molecular weight excluding hydrogens is 374 g/mol. The average Bonchev–Trinajstić information content (AvgIpc) is 3.27. The quantitative estimate of drug-likeness (QED) is 0.666. The van der Waals surface area contributed by atoms with Crippen LogP contribution in [0.4, 0.5) is 11.6 Å². The first-order valence-corrected chi connectivity index (χ1v) is 8.93. The number of hydrogen-bond acceptors (Lipinski definition) is 6. The molecule has 0 bridgehead atoms. The number of nitrogens with zero attached hydrogens (tertiary/aromatic N) is 3. The van der Waals surface area contributed by atoms with Gasteiger partial charge in [0.15, 0.2) is 5.82 Å². The monoisotopic (exact) mass is 393 g/mol. The third-order valence-electron chi connectivity index (χ3n) is 4.56. The number of methoxy groups -OCH3 is 2. The summed E-state index contributed by atoms with van der Waals surface area (Å²) in [6, 6.07) is 13.7. The number of aromatic nitrogens is 3. The maximum Gasteiger partial charge on any atom is 0.252 e. The molecule has 29 heavy (non-hydrogen) atoms. The highest BCUT2D eigenvalue weighted by Gasteiger charge is 2.35. The van der Waals surface area contributed by atoms with E-state index in [0.717, 1.165) is 5.56 Å². The highest BCUT2D eigenvalue weighted by atomic mass is 16.5. The molecule has 0 radical (unpaired) electrons. The summed E-state index contributed by atoms with van der Waals surface area (Å²) in [5.41, 5.74) is 1.28. The SMILES string of the molecule is COc1ccc(OC)c(NC(=O)C[C@@H]2C(=O)Nc3nc(-c4ccccc4)nn32)c1. The molecule has 2 heterocycles. The molecule has 1 aliphatic rings. The minimum Gasteiger partial charge on any atom is -0.497 e. The highest BCUT2D eigenvalue weighted by molar-refractivity contribution is 6.01. The summed E-state index contributed by atoms with van der Waals surface area (Å²) in [6.45, 7) is 0. The summed E-state index contributed by atoms with van der Waals surface area (Å²) in [5.74, 6) is 1.19. The van der Waals surface area contributed by atoms with E-state index in [1.807, 2.05) is 30.3 Å². The Labute approximate surface area is 166 Å². The van der Waals surface area contributed by atoms with Crippen molar-refractivity contribution in [1.29, 1.82) is 0 Å². The summed E-state index contributed by atoms with van der Waals surface area (Å²) < 4.78 is 11.9. The van der Waals surface area contributed by atoms with Gasteiger partial charge in [-0.1, -0.05) is 30.3 Å². The molecule has 0 spiro atoms. The Hall–Kier alpha value is -3.88. The van der Waals surface area contributed by atoms with Gasteiger partial charge in [0.2, 0.25) is 11.9 Å². The number of fused-ring (bicyclic) bond motifs is 1. The van der Waals surface area contributed by atoms with Gasteiger partial charge in [0, 0.05) is 11.6 Å². The van der Waals surface area contributed by atoms with E-state index in [1.165, 1.54) is 18.9 Å². The number of amides is 2. The predicted molar refractivity (Wildman–Crippen MR) is 106 cm³/mol. The summed E-state index contributed by atoms with van der Waals surface area (Å²) in [7, 11) is 3.04. The number of benzene rings is 2. The summed E-state index contributed by atoms with van der Waals surface area (Å²) in [5, 5.41) is 9.85. The van der Waals surface area contributed by atoms with Crippen LogP contribution in [-0.4, -0.2) is 40.8 Å². The highest BCUT2D eigenvalue weighted by Crippen LogP contribution is 2.31. The van der Waals surface area contributed by atoms with E-state index < -0.39 is 6.04 Å². The average molecular weight is 393 g/mol. The molecule has 0 fully saturated rings. The summed E-state index contributed by atoms with van der Waals surface area (Å²) in [6.07, 6.45) is -0.100. The van der Waals surface area contributed by atoms with E-state index in [2.05, 4.69) is 20.7 Å². The lowest BCUT2D eigenvalue weighted by Crippen LogP contribution is -2.24. The van der Waals surface area contributed by atoms with Crippen LogP contribution in [0, 0.1) is 0 Å². The third kappa shape index (κ3) is 3.62. The molecule has 2 amide bonds. The van der Waals surface area contributed by atoms with Gasteiger partial charge in [-0.3, -0.25) is 14.9 Å². The number of hydrogen-bond donors (Lipinski definition) is 2. The Morgan fingerprint density at radius 1 is 1.17 bits per heavy atom. The normalized spacial score (nSPS) is 14.8. The summed E-state index contributed by atoms with van der Waals surface area (Å²) in [4.78, 5) is 29.3.